The Morgan fingerprint density at radius 2 is 1.52 bits per heavy atom. The Labute approximate surface area is 154 Å². The third kappa shape index (κ3) is 4.77. The molecule has 0 heterocycles. The van der Waals surface area contributed by atoms with Gasteiger partial charge in [-0.2, -0.15) is 0 Å². The first kappa shape index (κ1) is 17.4. The fourth-order valence-electron chi connectivity index (χ4n) is 2.55. The maximum absolute atomic E-state index is 6.15. The van der Waals surface area contributed by atoms with E-state index in [2.05, 4.69) is 48.6 Å². The van der Waals surface area contributed by atoms with Crippen molar-refractivity contribution >= 4 is 17.3 Å². The molecule has 0 aliphatic heterocycles. The van der Waals surface area contributed by atoms with Gasteiger partial charge in [0.05, 0.1) is 0 Å². The predicted molar refractivity (Wildman–Crippen MR) is 105 cm³/mol. The van der Waals surface area contributed by atoms with Gasteiger partial charge in [0.2, 0.25) is 0 Å². The second-order valence-corrected chi connectivity index (χ2v) is 6.59. The van der Waals surface area contributed by atoms with Gasteiger partial charge in [-0.25, -0.2) is 0 Å². The van der Waals surface area contributed by atoms with Crippen LogP contribution in [0.2, 0.25) is 5.02 Å². The summed E-state index contributed by atoms with van der Waals surface area (Å²) in [5.74, 6) is 0.878. The van der Waals surface area contributed by atoms with Crippen LogP contribution in [0, 0.1) is 13.8 Å². The third-order valence-corrected chi connectivity index (χ3v) is 4.61. The molecule has 1 N–H and O–H groups in total. The molecule has 3 heteroatoms. The second kappa shape index (κ2) is 8.09. The molecule has 25 heavy (non-hydrogen) atoms. The Bertz CT molecular complexity index is 826. The van der Waals surface area contributed by atoms with Gasteiger partial charge in [-0.15, -0.1) is 0 Å². The third-order valence-electron chi connectivity index (χ3n) is 4.20. The van der Waals surface area contributed by atoms with E-state index in [1.807, 2.05) is 37.3 Å². The Morgan fingerprint density at radius 3 is 2.24 bits per heavy atom. The normalized spacial score (nSPS) is 10.5. The van der Waals surface area contributed by atoms with E-state index in [1.165, 1.54) is 16.7 Å². The van der Waals surface area contributed by atoms with Crippen LogP contribution in [-0.4, -0.2) is 0 Å². The van der Waals surface area contributed by atoms with Crippen molar-refractivity contribution in [1.29, 1.82) is 0 Å². The molecule has 0 saturated heterocycles. The number of aryl methyl sites for hydroxylation is 1. The molecule has 0 aromatic heterocycles. The second-order valence-electron chi connectivity index (χ2n) is 6.18. The van der Waals surface area contributed by atoms with Gasteiger partial charge >= 0.3 is 0 Å². The smallest absolute Gasteiger partial charge is 0.119 e. The molecular formula is C22H22ClNO. The first-order chi connectivity index (χ1) is 12.1. The molecule has 0 spiro atoms. The summed E-state index contributed by atoms with van der Waals surface area (Å²) >= 11 is 6.15. The zero-order valence-corrected chi connectivity index (χ0v) is 15.3. The molecular weight excluding hydrogens is 330 g/mol. The van der Waals surface area contributed by atoms with Gasteiger partial charge in [0.25, 0.3) is 0 Å². The maximum atomic E-state index is 6.15. The lowest BCUT2D eigenvalue weighted by molar-refractivity contribution is 0.306. The topological polar surface area (TPSA) is 21.3 Å². The summed E-state index contributed by atoms with van der Waals surface area (Å²) in [4.78, 5) is 0. The lowest BCUT2D eigenvalue weighted by atomic mass is 10.1. The SMILES string of the molecule is Cc1ccc(COc2ccc(CNc3cccc(Cl)c3C)cc2)cc1. The molecule has 3 aromatic carbocycles. The van der Waals surface area contributed by atoms with Crippen molar-refractivity contribution in [1.82, 2.24) is 0 Å². The van der Waals surface area contributed by atoms with E-state index in [1.54, 1.807) is 0 Å². The summed E-state index contributed by atoms with van der Waals surface area (Å²) in [6.45, 7) is 5.44. The van der Waals surface area contributed by atoms with E-state index in [0.717, 1.165) is 28.6 Å². The molecule has 3 rings (SSSR count). The molecule has 0 amide bonds. The Hall–Kier alpha value is -2.45. The minimum absolute atomic E-state index is 0.583. The standard InChI is InChI=1S/C22H22ClNO/c1-16-6-8-19(9-7-16)15-25-20-12-10-18(11-13-20)14-24-22-5-3-4-21(23)17(22)2/h3-13,24H,14-15H2,1-2H3. The molecule has 0 fully saturated rings. The van der Waals surface area contributed by atoms with Crippen molar-refractivity contribution in [2.75, 3.05) is 5.32 Å². The van der Waals surface area contributed by atoms with Crippen molar-refractivity contribution < 1.29 is 4.74 Å². The monoisotopic (exact) mass is 351 g/mol. The average Bonchev–Trinajstić information content (AvgIpc) is 2.63. The van der Waals surface area contributed by atoms with E-state index in [-0.39, 0.29) is 0 Å². The molecule has 2 nitrogen and oxygen atoms in total. The number of anilines is 1. The van der Waals surface area contributed by atoms with Gasteiger partial charge < -0.3 is 10.1 Å². The highest BCUT2D eigenvalue weighted by molar-refractivity contribution is 6.31. The highest BCUT2D eigenvalue weighted by atomic mass is 35.5. The van der Waals surface area contributed by atoms with Crippen LogP contribution in [0.3, 0.4) is 0 Å². The van der Waals surface area contributed by atoms with Gasteiger partial charge in [0, 0.05) is 17.3 Å². The first-order valence-corrected chi connectivity index (χ1v) is 8.76. The van der Waals surface area contributed by atoms with Crippen LogP contribution in [0.4, 0.5) is 5.69 Å². The molecule has 0 aliphatic rings. The van der Waals surface area contributed by atoms with Crippen molar-refractivity contribution in [3.8, 4) is 5.75 Å². The zero-order valence-electron chi connectivity index (χ0n) is 14.6. The number of ether oxygens (including phenoxy) is 1. The highest BCUT2D eigenvalue weighted by Gasteiger charge is 2.02. The van der Waals surface area contributed by atoms with Gasteiger partial charge in [-0.1, -0.05) is 59.6 Å². The van der Waals surface area contributed by atoms with Crippen LogP contribution >= 0.6 is 11.6 Å². The number of hydrogen-bond acceptors (Lipinski definition) is 2. The number of halogens is 1. The Morgan fingerprint density at radius 1 is 0.840 bits per heavy atom. The molecule has 0 radical (unpaired) electrons. The minimum atomic E-state index is 0.583. The van der Waals surface area contributed by atoms with E-state index < -0.39 is 0 Å². The Balaban J connectivity index is 1.55. The van der Waals surface area contributed by atoms with Gasteiger partial charge in [-0.05, 0) is 54.8 Å². The summed E-state index contributed by atoms with van der Waals surface area (Å²) in [5.41, 5.74) is 5.76. The van der Waals surface area contributed by atoms with Crippen molar-refractivity contribution in [2.24, 2.45) is 0 Å². The lowest BCUT2D eigenvalue weighted by Crippen LogP contribution is -2.01. The van der Waals surface area contributed by atoms with Gasteiger partial charge in [0.1, 0.15) is 12.4 Å². The number of nitrogens with one attached hydrogen (secondary N) is 1. The summed E-state index contributed by atoms with van der Waals surface area (Å²) in [7, 11) is 0. The number of benzene rings is 3. The summed E-state index contributed by atoms with van der Waals surface area (Å²) in [6, 6.07) is 22.5. The van der Waals surface area contributed by atoms with E-state index >= 15 is 0 Å². The van der Waals surface area contributed by atoms with E-state index in [9.17, 15) is 0 Å². The predicted octanol–water partition coefficient (Wildman–Crippen LogP) is 6.15. The molecule has 128 valence electrons. The zero-order chi connectivity index (χ0) is 17.6. The number of rotatable bonds is 6. The van der Waals surface area contributed by atoms with Crippen LogP contribution in [-0.2, 0) is 13.2 Å². The van der Waals surface area contributed by atoms with E-state index in [0.29, 0.717) is 6.61 Å². The molecule has 0 unspecified atom stereocenters. The molecule has 3 aromatic rings. The van der Waals surface area contributed by atoms with Crippen molar-refractivity contribution in [3.63, 3.8) is 0 Å². The highest BCUT2D eigenvalue weighted by Crippen LogP contribution is 2.23. The lowest BCUT2D eigenvalue weighted by Gasteiger charge is -2.11. The fraction of sp³-hybridized carbons (Fsp3) is 0.182. The van der Waals surface area contributed by atoms with Crippen LogP contribution in [0.1, 0.15) is 22.3 Å². The molecule has 0 bridgehead atoms. The van der Waals surface area contributed by atoms with Crippen molar-refractivity contribution in [2.45, 2.75) is 27.0 Å². The summed E-state index contributed by atoms with van der Waals surface area (Å²) in [6.07, 6.45) is 0. The minimum Gasteiger partial charge on any atom is -0.489 e. The first-order valence-electron chi connectivity index (χ1n) is 8.38. The maximum Gasteiger partial charge on any atom is 0.119 e. The van der Waals surface area contributed by atoms with Crippen LogP contribution < -0.4 is 10.1 Å². The molecule has 0 atom stereocenters. The summed E-state index contributed by atoms with van der Waals surface area (Å²) in [5, 5.41) is 4.21. The molecule has 0 aliphatic carbocycles. The van der Waals surface area contributed by atoms with Crippen LogP contribution in [0.5, 0.6) is 5.75 Å². The quantitative estimate of drug-likeness (QED) is 0.575. The molecule has 0 saturated carbocycles. The van der Waals surface area contributed by atoms with E-state index in [4.69, 9.17) is 16.3 Å². The summed E-state index contributed by atoms with van der Waals surface area (Å²) < 4.78 is 5.85. The average molecular weight is 352 g/mol. The number of hydrogen-bond donors (Lipinski definition) is 1. The largest absolute Gasteiger partial charge is 0.489 e. The van der Waals surface area contributed by atoms with Crippen molar-refractivity contribution in [3.05, 3.63) is 94.0 Å². The van der Waals surface area contributed by atoms with Gasteiger partial charge in [-0.3, -0.25) is 0 Å². The van der Waals surface area contributed by atoms with Crippen LogP contribution in [0.25, 0.3) is 0 Å². The van der Waals surface area contributed by atoms with Crippen LogP contribution in [0.15, 0.2) is 66.7 Å². The fourth-order valence-corrected chi connectivity index (χ4v) is 2.73. The Kier molecular flexibility index (Phi) is 5.62. The van der Waals surface area contributed by atoms with Gasteiger partial charge in [0.15, 0.2) is 0 Å².